The highest BCUT2D eigenvalue weighted by atomic mass is 79.9. The lowest BCUT2D eigenvalue weighted by Crippen LogP contribution is -2.07. The fourth-order valence-corrected chi connectivity index (χ4v) is 3.15. The minimum absolute atomic E-state index is 0.0791. The predicted molar refractivity (Wildman–Crippen MR) is 67.0 cm³/mol. The van der Waals surface area contributed by atoms with Crippen LogP contribution >= 0.6 is 27.3 Å². The molecule has 96 valence electrons. The van der Waals surface area contributed by atoms with Gasteiger partial charge >= 0.3 is 0 Å². The molecular formula is C12H8BrF3OS. The Labute approximate surface area is 114 Å². The first-order valence-electron chi connectivity index (χ1n) is 5.04. The van der Waals surface area contributed by atoms with Crippen LogP contribution in [0.1, 0.15) is 16.5 Å². The van der Waals surface area contributed by atoms with Crippen molar-refractivity contribution < 1.29 is 18.3 Å². The molecule has 1 heterocycles. The van der Waals surface area contributed by atoms with E-state index in [0.29, 0.717) is 12.1 Å². The summed E-state index contributed by atoms with van der Waals surface area (Å²) in [5.74, 6) is -3.15. The number of hydrogen-bond acceptors (Lipinski definition) is 2. The second kappa shape index (κ2) is 5.42. The fourth-order valence-electron chi connectivity index (χ4n) is 1.63. The molecule has 18 heavy (non-hydrogen) atoms. The Kier molecular flexibility index (Phi) is 4.09. The fraction of sp³-hybridized carbons (Fsp3) is 0.167. The predicted octanol–water partition coefficient (Wildman–Crippen LogP) is 4.20. The molecule has 0 fully saturated rings. The normalized spacial score (nSPS) is 12.7. The molecule has 1 unspecified atom stereocenters. The van der Waals surface area contributed by atoms with Crippen molar-refractivity contribution >= 4 is 27.3 Å². The van der Waals surface area contributed by atoms with E-state index in [1.54, 1.807) is 12.1 Å². The zero-order valence-electron chi connectivity index (χ0n) is 8.96. The number of aliphatic hydroxyl groups excluding tert-OH is 1. The van der Waals surface area contributed by atoms with Crippen LogP contribution in [0.3, 0.4) is 0 Å². The topological polar surface area (TPSA) is 20.2 Å². The van der Waals surface area contributed by atoms with Gasteiger partial charge in [-0.2, -0.15) is 0 Å². The molecule has 1 atom stereocenters. The van der Waals surface area contributed by atoms with Crippen molar-refractivity contribution in [2.75, 3.05) is 0 Å². The molecule has 1 aromatic heterocycles. The van der Waals surface area contributed by atoms with Crippen molar-refractivity contribution in [3.05, 3.63) is 55.9 Å². The van der Waals surface area contributed by atoms with E-state index in [1.165, 1.54) is 11.3 Å². The number of thiophene rings is 1. The van der Waals surface area contributed by atoms with Crippen LogP contribution in [0.2, 0.25) is 0 Å². The number of hydrogen-bond donors (Lipinski definition) is 1. The Hall–Kier alpha value is -0.850. The standard InChI is InChI=1S/C12H8BrF3OS/c13-11-2-1-7(18-11)5-10(17)12-8(15)3-6(14)4-9(12)16/h1-4,10,17H,5H2. The minimum atomic E-state index is -1.34. The molecule has 0 aliphatic rings. The zero-order valence-corrected chi connectivity index (χ0v) is 11.4. The second-order valence-corrected chi connectivity index (χ2v) is 6.26. The Bertz CT molecular complexity index is 547. The number of benzene rings is 1. The third kappa shape index (κ3) is 2.93. The summed E-state index contributed by atoms with van der Waals surface area (Å²) in [5, 5.41) is 9.82. The maximum Gasteiger partial charge on any atom is 0.134 e. The summed E-state index contributed by atoms with van der Waals surface area (Å²) in [7, 11) is 0. The monoisotopic (exact) mass is 336 g/mol. The highest BCUT2D eigenvalue weighted by Gasteiger charge is 2.20. The highest BCUT2D eigenvalue weighted by molar-refractivity contribution is 9.11. The summed E-state index contributed by atoms with van der Waals surface area (Å²) in [6, 6.07) is 4.65. The summed E-state index contributed by atoms with van der Waals surface area (Å²) in [6.07, 6.45) is -1.26. The van der Waals surface area contributed by atoms with Gasteiger partial charge in [-0.15, -0.1) is 11.3 Å². The van der Waals surface area contributed by atoms with Crippen LogP contribution in [0, 0.1) is 17.5 Å². The van der Waals surface area contributed by atoms with Gasteiger partial charge in [0.2, 0.25) is 0 Å². The maximum atomic E-state index is 13.4. The first-order chi connectivity index (χ1) is 8.47. The number of rotatable bonds is 3. The smallest absolute Gasteiger partial charge is 0.134 e. The minimum Gasteiger partial charge on any atom is -0.388 e. The average Bonchev–Trinajstić information content (AvgIpc) is 2.62. The Morgan fingerprint density at radius 2 is 1.78 bits per heavy atom. The van der Waals surface area contributed by atoms with Gasteiger partial charge in [0.05, 0.1) is 15.5 Å². The van der Waals surface area contributed by atoms with E-state index < -0.39 is 29.1 Å². The third-order valence-electron chi connectivity index (χ3n) is 2.40. The largest absolute Gasteiger partial charge is 0.388 e. The molecule has 0 saturated carbocycles. The molecule has 0 amide bonds. The summed E-state index contributed by atoms with van der Waals surface area (Å²) < 4.78 is 40.4. The van der Waals surface area contributed by atoms with Crippen molar-refractivity contribution in [1.82, 2.24) is 0 Å². The van der Waals surface area contributed by atoms with Gasteiger partial charge in [-0.1, -0.05) is 0 Å². The van der Waals surface area contributed by atoms with Crippen LogP contribution in [0.25, 0.3) is 0 Å². The highest BCUT2D eigenvalue weighted by Crippen LogP contribution is 2.29. The third-order valence-corrected chi connectivity index (χ3v) is 4.05. The SMILES string of the molecule is OC(Cc1ccc(Br)s1)c1c(F)cc(F)cc1F. The van der Waals surface area contributed by atoms with Crippen LogP contribution in [-0.4, -0.2) is 5.11 Å². The zero-order chi connectivity index (χ0) is 13.3. The van der Waals surface area contributed by atoms with Gasteiger partial charge in [0.25, 0.3) is 0 Å². The first-order valence-corrected chi connectivity index (χ1v) is 6.65. The van der Waals surface area contributed by atoms with E-state index in [2.05, 4.69) is 15.9 Å². The molecule has 0 radical (unpaired) electrons. The van der Waals surface area contributed by atoms with Gasteiger partial charge in [-0.05, 0) is 28.1 Å². The summed E-state index contributed by atoms with van der Waals surface area (Å²) in [4.78, 5) is 0.775. The van der Waals surface area contributed by atoms with Crippen molar-refractivity contribution in [3.63, 3.8) is 0 Å². The Morgan fingerprint density at radius 1 is 1.17 bits per heavy atom. The van der Waals surface area contributed by atoms with Gasteiger partial charge in [0, 0.05) is 23.4 Å². The van der Waals surface area contributed by atoms with Crippen molar-refractivity contribution in [2.45, 2.75) is 12.5 Å². The molecule has 0 bridgehead atoms. The molecule has 1 nitrogen and oxygen atoms in total. The molecular weight excluding hydrogens is 329 g/mol. The lowest BCUT2D eigenvalue weighted by atomic mass is 10.0. The van der Waals surface area contributed by atoms with E-state index in [-0.39, 0.29) is 6.42 Å². The molecule has 2 aromatic rings. The summed E-state index contributed by atoms with van der Waals surface area (Å²) in [6.45, 7) is 0. The van der Waals surface area contributed by atoms with Crippen LogP contribution < -0.4 is 0 Å². The van der Waals surface area contributed by atoms with Gasteiger partial charge in [0.15, 0.2) is 0 Å². The molecule has 0 spiro atoms. The van der Waals surface area contributed by atoms with Crippen molar-refractivity contribution in [1.29, 1.82) is 0 Å². The van der Waals surface area contributed by atoms with E-state index in [4.69, 9.17) is 0 Å². The van der Waals surface area contributed by atoms with E-state index in [1.807, 2.05) is 0 Å². The molecule has 1 aromatic carbocycles. The number of halogens is 4. The van der Waals surface area contributed by atoms with Gasteiger partial charge in [0.1, 0.15) is 17.5 Å². The Morgan fingerprint density at radius 3 is 2.28 bits per heavy atom. The molecule has 0 aliphatic heterocycles. The van der Waals surface area contributed by atoms with Crippen molar-refractivity contribution in [2.24, 2.45) is 0 Å². The van der Waals surface area contributed by atoms with E-state index >= 15 is 0 Å². The second-order valence-electron chi connectivity index (χ2n) is 3.71. The first kappa shape index (κ1) is 13.6. The van der Waals surface area contributed by atoms with Gasteiger partial charge in [-0.3, -0.25) is 0 Å². The van der Waals surface area contributed by atoms with Crippen molar-refractivity contribution in [3.8, 4) is 0 Å². The lowest BCUT2D eigenvalue weighted by molar-refractivity contribution is 0.169. The quantitative estimate of drug-likeness (QED) is 0.890. The molecule has 6 heteroatoms. The molecule has 0 aliphatic carbocycles. The van der Waals surface area contributed by atoms with Crippen LogP contribution in [0.15, 0.2) is 28.1 Å². The van der Waals surface area contributed by atoms with Crippen LogP contribution in [-0.2, 0) is 6.42 Å². The average molecular weight is 337 g/mol. The van der Waals surface area contributed by atoms with Gasteiger partial charge < -0.3 is 5.11 Å². The summed E-state index contributed by atoms with van der Waals surface area (Å²) in [5.41, 5.74) is -0.499. The maximum absolute atomic E-state index is 13.4. The van der Waals surface area contributed by atoms with Gasteiger partial charge in [-0.25, -0.2) is 13.2 Å². The van der Waals surface area contributed by atoms with Crippen LogP contribution in [0.4, 0.5) is 13.2 Å². The van der Waals surface area contributed by atoms with E-state index in [0.717, 1.165) is 8.66 Å². The molecule has 1 N–H and O–H groups in total. The molecule has 0 saturated heterocycles. The Balaban J connectivity index is 2.26. The lowest BCUT2D eigenvalue weighted by Gasteiger charge is -2.12. The van der Waals surface area contributed by atoms with E-state index in [9.17, 15) is 18.3 Å². The molecule has 2 rings (SSSR count). The van der Waals surface area contributed by atoms with Crippen LogP contribution in [0.5, 0.6) is 0 Å². The number of aliphatic hydroxyl groups is 1. The summed E-state index contributed by atoms with van der Waals surface area (Å²) >= 11 is 4.62.